The number of benzene rings is 2. The number of pyridine rings is 1. The van der Waals surface area contributed by atoms with Crippen molar-refractivity contribution >= 4 is 63.3 Å². The molecule has 5 amide bonds. The van der Waals surface area contributed by atoms with Crippen molar-refractivity contribution in [3.8, 4) is 0 Å². The van der Waals surface area contributed by atoms with Crippen molar-refractivity contribution in [1.29, 1.82) is 0 Å². The molecule has 0 saturated carbocycles. The Morgan fingerprint density at radius 2 is 1.21 bits per heavy atom. The molecular formula is C55H86N10O17. The van der Waals surface area contributed by atoms with Crippen LogP contribution in [0.5, 0.6) is 0 Å². The van der Waals surface area contributed by atoms with Crippen LogP contribution >= 0.6 is 0 Å². The van der Waals surface area contributed by atoms with Crippen LogP contribution in [0.25, 0.3) is 21.9 Å². The highest BCUT2D eigenvalue weighted by atomic mass is 16.6. The minimum absolute atomic E-state index is 0.0726. The maximum Gasteiger partial charge on any atom is 0.413 e. The molecule has 0 aliphatic carbocycles. The number of rotatable bonds is 44. The molecule has 27 nitrogen and oxygen atoms in total. The summed E-state index contributed by atoms with van der Waals surface area (Å²) < 4.78 is 61.7. The van der Waals surface area contributed by atoms with Crippen LogP contribution in [-0.2, 0) is 86.2 Å². The number of hydrogen-bond donors (Lipinski definition) is 8. The monoisotopic (exact) mass is 1160 g/mol. The number of unbranched alkanes of at least 4 members (excludes halogenated alkanes) is 1. The first-order valence-corrected chi connectivity index (χ1v) is 27.6. The number of amides is 5. The van der Waals surface area contributed by atoms with Crippen LogP contribution in [0, 0.1) is 5.92 Å². The van der Waals surface area contributed by atoms with Crippen molar-refractivity contribution in [2.75, 3.05) is 136 Å². The number of aromatic nitrogens is 3. The molecule has 2 aromatic heterocycles. The highest BCUT2D eigenvalue weighted by molar-refractivity contribution is 6.09. The van der Waals surface area contributed by atoms with Gasteiger partial charge in [0.2, 0.25) is 11.8 Å². The largest absolute Gasteiger partial charge is 0.447 e. The van der Waals surface area contributed by atoms with Gasteiger partial charge in [-0.2, -0.15) is 0 Å². The number of para-hydroxylation sites is 1. The molecule has 0 bridgehead atoms. The van der Waals surface area contributed by atoms with Crippen molar-refractivity contribution in [2.45, 2.75) is 91.3 Å². The number of alkyl carbamates (subject to hydrolysis) is 1. The minimum Gasteiger partial charge on any atom is -0.447 e. The fourth-order valence-corrected chi connectivity index (χ4v) is 7.69. The molecule has 82 heavy (non-hydrogen) atoms. The first kappa shape index (κ1) is 68.3. The summed E-state index contributed by atoms with van der Waals surface area (Å²) in [6.07, 6.45) is -0.129. The summed E-state index contributed by atoms with van der Waals surface area (Å²) in [5.41, 5.74) is 9.39. The lowest BCUT2D eigenvalue weighted by Crippen LogP contribution is -2.54. The van der Waals surface area contributed by atoms with Gasteiger partial charge in [0.25, 0.3) is 5.91 Å². The van der Waals surface area contributed by atoms with Crippen LogP contribution in [0.4, 0.5) is 21.1 Å². The third-order valence-electron chi connectivity index (χ3n) is 11.7. The van der Waals surface area contributed by atoms with Crippen LogP contribution in [0.2, 0.25) is 0 Å². The summed E-state index contributed by atoms with van der Waals surface area (Å²) in [5, 5.41) is 22.6. The zero-order valence-corrected chi connectivity index (χ0v) is 48.0. The van der Waals surface area contributed by atoms with E-state index in [1.165, 1.54) is 0 Å². The van der Waals surface area contributed by atoms with Crippen molar-refractivity contribution in [2.24, 2.45) is 17.5 Å². The number of nitrogens with one attached hydrogen (secondary N) is 5. The Hall–Kier alpha value is -6.21. The van der Waals surface area contributed by atoms with E-state index in [1.807, 2.05) is 41.2 Å². The maximum atomic E-state index is 13.7. The summed E-state index contributed by atoms with van der Waals surface area (Å²) in [6, 6.07) is 12.2. The summed E-state index contributed by atoms with van der Waals surface area (Å²) in [4.78, 5) is 73.7. The normalized spacial score (nSPS) is 12.4. The third kappa shape index (κ3) is 26.8. The molecule has 4 rings (SSSR count). The van der Waals surface area contributed by atoms with Crippen molar-refractivity contribution in [3.63, 3.8) is 0 Å². The van der Waals surface area contributed by atoms with Gasteiger partial charge < -0.3 is 83.5 Å². The number of ether oxygens (including phenoxy) is 11. The molecule has 2 heterocycles. The molecule has 0 spiro atoms. The lowest BCUT2D eigenvalue weighted by Gasteiger charge is -2.25. The van der Waals surface area contributed by atoms with Gasteiger partial charge in [0.15, 0.2) is 5.82 Å². The smallest absolute Gasteiger partial charge is 0.413 e. The molecular weight excluding hydrogens is 1070 g/mol. The van der Waals surface area contributed by atoms with E-state index in [1.54, 1.807) is 52.0 Å². The molecule has 0 aliphatic heterocycles. The molecule has 0 saturated heterocycles. The van der Waals surface area contributed by atoms with Gasteiger partial charge in [-0.05, 0) is 76.3 Å². The minimum atomic E-state index is -1.08. The van der Waals surface area contributed by atoms with Crippen molar-refractivity contribution in [1.82, 2.24) is 30.6 Å². The van der Waals surface area contributed by atoms with Gasteiger partial charge in [-0.15, -0.1) is 0 Å². The molecule has 27 heteroatoms. The van der Waals surface area contributed by atoms with Gasteiger partial charge in [-0.1, -0.05) is 44.2 Å². The molecule has 2 aromatic carbocycles. The molecule has 4 aromatic rings. The lowest BCUT2D eigenvalue weighted by atomic mass is 10.0. The average molecular weight is 1160 g/mol. The Bertz CT molecular complexity index is 2500. The highest BCUT2D eigenvalue weighted by Gasteiger charge is 2.30. The fourth-order valence-electron chi connectivity index (χ4n) is 7.69. The summed E-state index contributed by atoms with van der Waals surface area (Å²) in [6.45, 7) is 15.1. The molecule has 0 unspecified atom stereocenters. The second-order valence-electron chi connectivity index (χ2n) is 19.4. The topological polar surface area (TPSA) is 350 Å². The molecule has 10 N–H and O–H groups in total. The predicted molar refractivity (Wildman–Crippen MR) is 302 cm³/mol. The number of nitrogens with two attached hydrogens (primary N) is 2. The van der Waals surface area contributed by atoms with Crippen LogP contribution in [0.3, 0.4) is 0 Å². The number of hydrogen-bond acceptors (Lipinski definition) is 21. The average Bonchev–Trinajstić information content (AvgIpc) is 3.96. The van der Waals surface area contributed by atoms with E-state index in [4.69, 9.17) is 73.6 Å². The molecule has 2 atom stereocenters. The van der Waals surface area contributed by atoms with Gasteiger partial charge in [0.1, 0.15) is 49.9 Å². The quantitative estimate of drug-likeness (QED) is 0.0136. The Morgan fingerprint density at radius 1 is 0.646 bits per heavy atom. The SMILES string of the molecule is CCOCc1nc2c(NC(=O)OCc3ccc(NC(=O)[C@H](CCCCN)NC(=O)[C@@H](NC(=O)OCCOCCOCCOCCOCCOCCOCCOCCOCC(=O)NN)C(C)C)cc3)nc3ccccc3c2n1CC(C)(C)O. The Labute approximate surface area is 478 Å². The first-order valence-electron chi connectivity index (χ1n) is 27.6. The number of fused-ring (bicyclic) bond motifs is 3. The summed E-state index contributed by atoms with van der Waals surface area (Å²) >= 11 is 0. The van der Waals surface area contributed by atoms with Gasteiger partial charge in [-0.25, -0.2) is 25.4 Å². The van der Waals surface area contributed by atoms with Crippen molar-refractivity contribution in [3.05, 3.63) is 59.9 Å². The number of anilines is 2. The number of carbonyl (C=O) groups excluding carboxylic acids is 5. The number of nitrogens with zero attached hydrogens (tertiary/aromatic N) is 3. The van der Waals surface area contributed by atoms with E-state index < -0.39 is 47.6 Å². The number of imidazole rings is 1. The fraction of sp³-hybridized carbons (Fsp3) is 0.618. The summed E-state index contributed by atoms with van der Waals surface area (Å²) in [7, 11) is 0. The Balaban J connectivity index is 1.10. The van der Waals surface area contributed by atoms with Crippen LogP contribution < -0.4 is 38.3 Å². The molecule has 0 fully saturated rings. The van der Waals surface area contributed by atoms with Crippen LogP contribution in [-0.4, -0.2) is 193 Å². The van der Waals surface area contributed by atoms with Gasteiger partial charge in [0.05, 0.1) is 122 Å². The standard InChI is InChI=1S/C55H86N10O17/c1-6-72-36-45-61-48-49(65(45)38-55(4,5)71)42-11-7-8-12-43(42)59-50(48)63-54(70)82-35-40-14-16-41(17-15-40)58-51(67)44(13-9-10-18-56)60-52(68)47(39(2)3)62-53(69)81-34-33-79-30-29-77-26-25-75-22-21-73-19-20-74-23-24-76-27-28-78-31-32-80-37-46(66)64-57/h7-8,11-12,14-17,39,44,47,71H,6,9-10,13,18-38,56-57H2,1-5H3,(H,58,67)(H,60,68)(H,62,69)(H,64,66)(H,59,63,70)/t44-,47-/m0/s1. The van der Waals surface area contributed by atoms with E-state index in [-0.39, 0.29) is 70.9 Å². The second-order valence-corrected chi connectivity index (χ2v) is 19.4. The van der Waals surface area contributed by atoms with Crippen LogP contribution in [0.15, 0.2) is 48.5 Å². The maximum absolute atomic E-state index is 13.7. The van der Waals surface area contributed by atoms with E-state index in [9.17, 15) is 29.1 Å². The van der Waals surface area contributed by atoms with Crippen molar-refractivity contribution < 1.29 is 81.2 Å². The number of carbonyl (C=O) groups is 5. The Kier molecular flexibility index (Phi) is 32.7. The number of hydrazine groups is 1. The zero-order chi connectivity index (χ0) is 59.4. The molecule has 458 valence electrons. The van der Waals surface area contributed by atoms with E-state index >= 15 is 0 Å². The third-order valence-corrected chi connectivity index (χ3v) is 11.7. The first-order chi connectivity index (χ1) is 39.6. The second kappa shape index (κ2) is 39.3. The zero-order valence-electron chi connectivity index (χ0n) is 48.0. The summed E-state index contributed by atoms with van der Waals surface area (Å²) in [5.74, 6) is 3.91. The highest BCUT2D eigenvalue weighted by Crippen LogP contribution is 2.32. The molecule has 0 aliphatic rings. The van der Waals surface area contributed by atoms with Gasteiger partial charge in [-0.3, -0.25) is 25.1 Å². The van der Waals surface area contributed by atoms with E-state index in [0.717, 1.165) is 5.39 Å². The Morgan fingerprint density at radius 3 is 1.74 bits per heavy atom. The molecule has 0 radical (unpaired) electrons. The van der Waals surface area contributed by atoms with Gasteiger partial charge in [0, 0.05) is 17.7 Å². The van der Waals surface area contributed by atoms with Gasteiger partial charge >= 0.3 is 12.2 Å². The van der Waals surface area contributed by atoms with E-state index in [2.05, 4.69) is 21.3 Å². The van der Waals surface area contributed by atoms with E-state index in [0.29, 0.717) is 139 Å². The van der Waals surface area contributed by atoms with Crippen LogP contribution in [0.1, 0.15) is 65.3 Å². The predicted octanol–water partition coefficient (Wildman–Crippen LogP) is 3.07. The lowest BCUT2D eigenvalue weighted by molar-refractivity contribution is -0.128. The number of aliphatic hydroxyl groups is 1.